The van der Waals surface area contributed by atoms with E-state index in [0.29, 0.717) is 23.1 Å². The minimum absolute atomic E-state index is 0.535. The molecule has 0 aliphatic rings. The first kappa shape index (κ1) is 39.1. The lowest BCUT2D eigenvalue weighted by Gasteiger charge is -2.17. The van der Waals surface area contributed by atoms with Crippen LogP contribution in [0, 0.1) is 0 Å². The summed E-state index contributed by atoms with van der Waals surface area (Å²) in [6, 6.07) is 79.4. The van der Waals surface area contributed by atoms with Crippen LogP contribution in [0.1, 0.15) is 0 Å². The molecule has 0 radical (unpaired) electrons. The molecule has 0 unspecified atom stereocenters. The summed E-state index contributed by atoms with van der Waals surface area (Å²) in [6.45, 7) is 0. The van der Waals surface area contributed by atoms with Gasteiger partial charge in [-0.2, -0.15) is 9.97 Å². The third-order valence-electron chi connectivity index (χ3n) is 12.8. The maximum atomic E-state index is 6.54. The first-order valence-corrected chi connectivity index (χ1v) is 22.7. The van der Waals surface area contributed by atoms with Crippen molar-refractivity contribution in [3.63, 3.8) is 0 Å². The van der Waals surface area contributed by atoms with Crippen LogP contribution in [0.5, 0.6) is 0 Å². The van der Waals surface area contributed by atoms with Gasteiger partial charge in [0.25, 0.3) is 0 Å². The lowest BCUT2D eigenvalue weighted by atomic mass is 9.89. The first-order valence-electron chi connectivity index (χ1n) is 22.7. The van der Waals surface area contributed by atoms with Gasteiger partial charge in [-0.15, -0.1) is 0 Å². The Bertz CT molecular complexity index is 3780. The van der Waals surface area contributed by atoms with Gasteiger partial charge in [-0.25, -0.2) is 9.97 Å². The Labute approximate surface area is 391 Å². The molecule has 318 valence electrons. The summed E-state index contributed by atoms with van der Waals surface area (Å²) in [6.07, 6.45) is 0. The zero-order valence-electron chi connectivity index (χ0n) is 36.5. The van der Waals surface area contributed by atoms with Gasteiger partial charge in [0.05, 0.1) is 22.2 Å². The zero-order valence-corrected chi connectivity index (χ0v) is 36.5. The molecule has 0 N–H and O–H groups in total. The summed E-state index contributed by atoms with van der Waals surface area (Å²) < 4.78 is 13.1. The van der Waals surface area contributed by atoms with E-state index in [4.69, 9.17) is 28.8 Å². The molecule has 0 amide bonds. The van der Waals surface area contributed by atoms with E-state index >= 15 is 0 Å². The number of rotatable bonds is 8. The van der Waals surface area contributed by atoms with Crippen molar-refractivity contribution in [1.82, 2.24) is 19.9 Å². The molecule has 0 bridgehead atoms. The van der Waals surface area contributed by atoms with E-state index in [-0.39, 0.29) is 0 Å². The van der Waals surface area contributed by atoms with E-state index in [9.17, 15) is 0 Å². The minimum Gasteiger partial charge on any atom is -0.438 e. The summed E-state index contributed by atoms with van der Waals surface area (Å²) >= 11 is 0. The lowest BCUT2D eigenvalue weighted by molar-refractivity contribution is 0.653. The van der Waals surface area contributed by atoms with Crippen molar-refractivity contribution in [3.05, 3.63) is 231 Å². The van der Waals surface area contributed by atoms with E-state index in [1.807, 2.05) is 60.7 Å². The van der Waals surface area contributed by atoms with E-state index in [1.54, 1.807) is 0 Å². The highest BCUT2D eigenvalue weighted by atomic mass is 16.3. The normalized spacial score (nSPS) is 11.5. The quantitative estimate of drug-likeness (QED) is 0.151. The molecule has 0 aliphatic heterocycles. The van der Waals surface area contributed by atoms with Crippen LogP contribution in [-0.4, -0.2) is 19.9 Å². The number of furan rings is 2. The van der Waals surface area contributed by atoms with Gasteiger partial charge in [-0.05, 0) is 68.8 Å². The highest BCUT2D eigenvalue weighted by Crippen LogP contribution is 2.44. The van der Waals surface area contributed by atoms with Crippen LogP contribution in [0.4, 0.5) is 0 Å². The van der Waals surface area contributed by atoms with Gasteiger partial charge in [0.2, 0.25) is 11.4 Å². The molecule has 0 spiro atoms. The van der Waals surface area contributed by atoms with Crippen LogP contribution in [0.15, 0.2) is 239 Å². The molecule has 13 rings (SSSR count). The van der Waals surface area contributed by atoms with Gasteiger partial charge in [-0.3, -0.25) is 0 Å². The predicted molar refractivity (Wildman–Crippen MR) is 276 cm³/mol. The standard InChI is InChI=1S/C62H38N4O2/c1-3-19-39(20-4-1)41-23-17-25-43(37-41)57-55-51-33-13-15-35-53(51)67-61(55)65-59(63-57)49-31-11-9-29-47(49)45-27-7-8-28-46(45)48-30-10-12-32-50(48)60-64-58(56-52-34-14-16-36-54(52)68-62(56)66-60)44-26-18-24-42(38-44)40-21-5-2-6-22-40/h1-38H. The van der Waals surface area contributed by atoms with Gasteiger partial charge in [-0.1, -0.05) is 206 Å². The fraction of sp³-hybridized carbons (Fsp3) is 0. The number of fused-ring (bicyclic) bond motifs is 6. The Balaban J connectivity index is 0.983. The predicted octanol–water partition coefficient (Wildman–Crippen LogP) is 16.4. The molecular formula is C62H38N4O2. The average molecular weight is 871 g/mol. The fourth-order valence-electron chi connectivity index (χ4n) is 9.64. The average Bonchev–Trinajstić information content (AvgIpc) is 3.99. The Kier molecular flexibility index (Phi) is 9.39. The van der Waals surface area contributed by atoms with Crippen LogP contribution in [0.25, 0.3) is 134 Å². The van der Waals surface area contributed by atoms with Crippen molar-refractivity contribution in [2.75, 3.05) is 0 Å². The molecule has 0 aliphatic carbocycles. The maximum absolute atomic E-state index is 6.54. The van der Waals surface area contributed by atoms with E-state index in [2.05, 4.69) is 170 Å². The van der Waals surface area contributed by atoms with E-state index < -0.39 is 0 Å². The summed E-state index contributed by atoms with van der Waals surface area (Å²) in [5.41, 5.74) is 16.4. The molecule has 0 saturated carbocycles. The zero-order chi connectivity index (χ0) is 45.0. The Morgan fingerprint density at radius 1 is 0.250 bits per heavy atom. The van der Waals surface area contributed by atoms with E-state index in [0.717, 1.165) is 111 Å². The maximum Gasteiger partial charge on any atom is 0.231 e. The Morgan fingerprint density at radius 2 is 0.574 bits per heavy atom. The van der Waals surface area contributed by atoms with Gasteiger partial charge >= 0.3 is 0 Å². The molecule has 0 saturated heterocycles. The molecule has 68 heavy (non-hydrogen) atoms. The Hall–Kier alpha value is -9.26. The molecule has 13 aromatic rings. The highest BCUT2D eigenvalue weighted by molar-refractivity contribution is 6.12. The number of benzene rings is 9. The van der Waals surface area contributed by atoms with Crippen molar-refractivity contribution < 1.29 is 8.83 Å². The number of aromatic nitrogens is 4. The van der Waals surface area contributed by atoms with Gasteiger partial charge in [0, 0.05) is 33.0 Å². The van der Waals surface area contributed by atoms with Crippen LogP contribution < -0.4 is 0 Å². The molecule has 4 aromatic heterocycles. The summed E-state index contributed by atoms with van der Waals surface area (Å²) in [4.78, 5) is 21.3. The van der Waals surface area contributed by atoms with Crippen LogP contribution in [0.3, 0.4) is 0 Å². The van der Waals surface area contributed by atoms with E-state index in [1.165, 1.54) is 0 Å². The first-order chi connectivity index (χ1) is 33.7. The number of para-hydroxylation sites is 2. The summed E-state index contributed by atoms with van der Waals surface area (Å²) in [5, 5.41) is 3.71. The van der Waals surface area contributed by atoms with Crippen molar-refractivity contribution in [1.29, 1.82) is 0 Å². The highest BCUT2D eigenvalue weighted by Gasteiger charge is 2.24. The second-order valence-corrected chi connectivity index (χ2v) is 16.9. The third kappa shape index (κ3) is 6.74. The van der Waals surface area contributed by atoms with Gasteiger partial charge < -0.3 is 8.83 Å². The summed E-state index contributed by atoms with van der Waals surface area (Å²) in [5.74, 6) is 1.13. The molecular weight excluding hydrogens is 833 g/mol. The van der Waals surface area contributed by atoms with Crippen LogP contribution in [-0.2, 0) is 0 Å². The molecule has 6 heteroatoms. The largest absolute Gasteiger partial charge is 0.438 e. The fourth-order valence-corrected chi connectivity index (χ4v) is 9.64. The van der Waals surface area contributed by atoms with Crippen molar-refractivity contribution in [3.8, 4) is 89.8 Å². The monoisotopic (exact) mass is 870 g/mol. The number of hydrogen-bond donors (Lipinski definition) is 0. The third-order valence-corrected chi connectivity index (χ3v) is 12.8. The van der Waals surface area contributed by atoms with Crippen molar-refractivity contribution >= 4 is 44.1 Å². The SMILES string of the molecule is c1ccc(-c2cccc(-c3nc(-c4ccccc4-c4ccccc4-c4ccccc4-c4nc(-c5cccc(-c6ccccc6)c5)c5c(n4)oc4ccccc45)nc4oc5ccccc5c34)c2)cc1. The topological polar surface area (TPSA) is 77.8 Å². The lowest BCUT2D eigenvalue weighted by Crippen LogP contribution is -1.98. The second-order valence-electron chi connectivity index (χ2n) is 16.9. The molecule has 4 heterocycles. The number of hydrogen-bond acceptors (Lipinski definition) is 6. The minimum atomic E-state index is 0.535. The van der Waals surface area contributed by atoms with Crippen LogP contribution in [0.2, 0.25) is 0 Å². The molecule has 0 fully saturated rings. The van der Waals surface area contributed by atoms with Gasteiger partial charge in [0.1, 0.15) is 11.2 Å². The number of nitrogens with zero attached hydrogens (tertiary/aromatic N) is 4. The van der Waals surface area contributed by atoms with Crippen molar-refractivity contribution in [2.24, 2.45) is 0 Å². The molecule has 9 aromatic carbocycles. The molecule has 6 nitrogen and oxygen atoms in total. The summed E-state index contributed by atoms with van der Waals surface area (Å²) in [7, 11) is 0. The second kappa shape index (κ2) is 16.3. The van der Waals surface area contributed by atoms with Crippen LogP contribution >= 0.6 is 0 Å². The van der Waals surface area contributed by atoms with Gasteiger partial charge in [0.15, 0.2) is 11.6 Å². The molecule has 0 atom stereocenters. The van der Waals surface area contributed by atoms with Crippen molar-refractivity contribution in [2.45, 2.75) is 0 Å². The Morgan fingerprint density at radius 3 is 1.00 bits per heavy atom. The smallest absolute Gasteiger partial charge is 0.231 e.